The van der Waals surface area contributed by atoms with Gasteiger partial charge < -0.3 is 24.7 Å². The second-order valence-corrected chi connectivity index (χ2v) is 17.7. The molecule has 2 N–H and O–H groups in total. The Morgan fingerprint density at radius 2 is 1.30 bits per heavy atom. The van der Waals surface area contributed by atoms with Gasteiger partial charge in [0, 0.05) is 51.4 Å². The minimum atomic E-state index is -0.160. The number of nitrogens with one attached hydrogen (secondary N) is 2. The van der Waals surface area contributed by atoms with Gasteiger partial charge in [-0.25, -0.2) is 0 Å². The molecule has 0 radical (unpaired) electrons. The molecule has 3 aliphatic rings. The lowest BCUT2D eigenvalue weighted by molar-refractivity contribution is 0.470. The highest BCUT2D eigenvalue weighted by Crippen LogP contribution is 2.47. The van der Waals surface area contributed by atoms with Crippen LogP contribution in [0.2, 0.25) is 0 Å². The first kappa shape index (κ1) is 39.6. The number of fused-ring (bicyclic) bond motifs is 11. The molecule has 0 amide bonds. The summed E-state index contributed by atoms with van der Waals surface area (Å²) in [5.74, 6) is 0. The molecule has 7 aromatic carbocycles. The molecule has 0 saturated carbocycles. The number of rotatable bonds is 7. The summed E-state index contributed by atoms with van der Waals surface area (Å²) < 4.78 is 5.11. The van der Waals surface area contributed by atoms with Crippen LogP contribution in [0.1, 0.15) is 44.1 Å². The first-order chi connectivity index (χ1) is 32.6. The fraction of sp³-hybridized carbons (Fsp3) is 0.115. The SMILES string of the molecule is C/C=C\C(=C(/C)C1=C(Nc2ccccc2)C=CCC=C1)C1Nc2ccccc2N(C)C1n1c2ccc(-n3c4c(c5c6ccccc6ccc53)C=CCC=C4)cc2c2c3ccccc3ccc21. The molecule has 2 aliphatic carbocycles. The molecule has 66 heavy (non-hydrogen) atoms. The molecule has 2 unspecified atom stereocenters. The van der Waals surface area contributed by atoms with Crippen LogP contribution in [0.5, 0.6) is 0 Å². The van der Waals surface area contributed by atoms with E-state index in [0.717, 1.165) is 35.6 Å². The van der Waals surface area contributed by atoms with Crippen LogP contribution < -0.4 is 15.5 Å². The maximum absolute atomic E-state index is 4.15. The number of para-hydroxylation sites is 3. The molecule has 2 aromatic heterocycles. The van der Waals surface area contributed by atoms with Crippen LogP contribution >= 0.6 is 0 Å². The molecule has 0 spiro atoms. The van der Waals surface area contributed by atoms with Crippen molar-refractivity contribution in [3.63, 3.8) is 0 Å². The Hall–Kier alpha value is -8.02. The Bertz CT molecular complexity index is 3640. The predicted octanol–water partition coefficient (Wildman–Crippen LogP) is 15.7. The summed E-state index contributed by atoms with van der Waals surface area (Å²) in [4.78, 5) is 2.50. The van der Waals surface area contributed by atoms with Crippen LogP contribution in [0, 0.1) is 0 Å². The minimum absolute atomic E-state index is 0.147. The van der Waals surface area contributed by atoms with E-state index in [0.29, 0.717) is 0 Å². The van der Waals surface area contributed by atoms with Crippen molar-refractivity contribution in [1.29, 1.82) is 0 Å². The van der Waals surface area contributed by atoms with Crippen molar-refractivity contribution in [2.45, 2.75) is 38.9 Å². The molecule has 1 aliphatic heterocycles. The summed E-state index contributed by atoms with van der Waals surface area (Å²) in [6.45, 7) is 4.43. The van der Waals surface area contributed by atoms with E-state index in [9.17, 15) is 0 Å². The number of nitrogens with zero attached hydrogens (tertiary/aromatic N) is 3. The van der Waals surface area contributed by atoms with Crippen molar-refractivity contribution in [2.75, 3.05) is 22.6 Å². The number of allylic oxidation sites excluding steroid dienone is 9. The first-order valence-electron chi connectivity index (χ1n) is 23.2. The predicted molar refractivity (Wildman–Crippen MR) is 283 cm³/mol. The number of anilines is 3. The summed E-state index contributed by atoms with van der Waals surface area (Å²) in [6, 6.07) is 53.2. The van der Waals surface area contributed by atoms with E-state index < -0.39 is 0 Å². The van der Waals surface area contributed by atoms with Crippen LogP contribution in [0.4, 0.5) is 17.1 Å². The molecule has 9 aromatic rings. The van der Waals surface area contributed by atoms with Crippen LogP contribution in [-0.4, -0.2) is 22.2 Å². The maximum Gasteiger partial charge on any atom is 0.131 e. The third-order valence-electron chi connectivity index (χ3n) is 14.0. The molecular weight excluding hydrogens is 803 g/mol. The summed E-state index contributed by atoms with van der Waals surface area (Å²) in [7, 11) is 2.27. The molecule has 3 heterocycles. The Kier molecular flexibility index (Phi) is 9.71. The maximum atomic E-state index is 4.15. The van der Waals surface area contributed by atoms with Gasteiger partial charge in [0.25, 0.3) is 0 Å². The second kappa shape index (κ2) is 16.2. The monoisotopic (exact) mass is 853 g/mol. The van der Waals surface area contributed by atoms with Gasteiger partial charge in [-0.15, -0.1) is 0 Å². The van der Waals surface area contributed by atoms with Gasteiger partial charge >= 0.3 is 0 Å². The highest BCUT2D eigenvalue weighted by molar-refractivity contribution is 6.21. The fourth-order valence-corrected chi connectivity index (χ4v) is 11.0. The van der Waals surface area contributed by atoms with Gasteiger partial charge in [-0.05, 0) is 126 Å². The van der Waals surface area contributed by atoms with Crippen LogP contribution in [-0.2, 0) is 0 Å². The van der Waals surface area contributed by atoms with Gasteiger partial charge in [0.2, 0.25) is 0 Å². The largest absolute Gasteiger partial charge is 0.373 e. The Morgan fingerprint density at radius 1 is 0.636 bits per heavy atom. The molecule has 320 valence electrons. The summed E-state index contributed by atoms with van der Waals surface area (Å²) >= 11 is 0. The molecule has 12 rings (SSSR count). The average Bonchev–Trinajstić information content (AvgIpc) is 3.58. The quantitative estimate of drug-likeness (QED) is 0.157. The zero-order valence-electron chi connectivity index (χ0n) is 37.5. The van der Waals surface area contributed by atoms with Gasteiger partial charge in [0.15, 0.2) is 0 Å². The molecular formula is C61H51N5. The third-order valence-corrected chi connectivity index (χ3v) is 14.0. The van der Waals surface area contributed by atoms with E-state index in [2.05, 4.69) is 252 Å². The lowest BCUT2D eigenvalue weighted by Gasteiger charge is -2.45. The van der Waals surface area contributed by atoms with Gasteiger partial charge in [0.1, 0.15) is 6.17 Å². The van der Waals surface area contributed by atoms with E-state index in [1.54, 1.807) is 0 Å². The number of benzene rings is 7. The highest BCUT2D eigenvalue weighted by atomic mass is 15.3. The fourth-order valence-electron chi connectivity index (χ4n) is 11.0. The van der Waals surface area contributed by atoms with Gasteiger partial charge in [-0.1, -0.05) is 140 Å². The number of likely N-dealkylation sites (N-methyl/N-ethyl adjacent to an activating group) is 1. The average molecular weight is 854 g/mol. The molecule has 0 saturated heterocycles. The van der Waals surface area contributed by atoms with E-state index in [4.69, 9.17) is 0 Å². The molecule has 2 atom stereocenters. The van der Waals surface area contributed by atoms with Gasteiger partial charge in [-0.3, -0.25) is 0 Å². The standard InChI is InChI=1S/C61H51N5/c1-4-20-46(40(2)45-25-10-6-12-29-51(45)62-43-23-8-5-9-24-43)60-61(64(3)55-32-19-18-30-52(55)63-60)66-54-38-35-44(39-50(54)59-48-27-17-15-22-42(48)34-37-57(59)66)65-53-31-13-7-11-28-49(53)58-47-26-16-14-21-41(47)33-36-56(58)65/h4-5,8-39,60-63H,6-7H2,1-3H3/b20-4-,46-40-. The molecule has 0 bridgehead atoms. The van der Waals surface area contributed by atoms with Crippen LogP contribution in [0.25, 0.3) is 72.1 Å². The number of hydrogen-bond acceptors (Lipinski definition) is 3. The second-order valence-electron chi connectivity index (χ2n) is 17.7. The molecule has 0 fully saturated rings. The smallest absolute Gasteiger partial charge is 0.131 e. The van der Waals surface area contributed by atoms with Crippen molar-refractivity contribution >= 4 is 83.5 Å². The summed E-state index contributed by atoms with van der Waals surface area (Å²) in [6.07, 6.45) is 24.4. The topological polar surface area (TPSA) is 37.2 Å². The normalized spacial score (nSPS) is 17.5. The van der Waals surface area contributed by atoms with Crippen LogP contribution in [0.15, 0.2) is 217 Å². The van der Waals surface area contributed by atoms with E-state index in [-0.39, 0.29) is 12.2 Å². The summed E-state index contributed by atoms with van der Waals surface area (Å²) in [5, 5.41) is 16.7. The zero-order valence-corrected chi connectivity index (χ0v) is 37.5. The van der Waals surface area contributed by atoms with Gasteiger partial charge in [-0.2, -0.15) is 0 Å². The lowest BCUT2D eigenvalue weighted by atomic mass is 9.90. The Balaban J connectivity index is 1.13. The summed E-state index contributed by atoms with van der Waals surface area (Å²) in [5.41, 5.74) is 15.3. The molecule has 5 heteroatoms. The lowest BCUT2D eigenvalue weighted by Crippen LogP contribution is -2.47. The van der Waals surface area contributed by atoms with Gasteiger partial charge in [0.05, 0.1) is 39.7 Å². The van der Waals surface area contributed by atoms with Crippen molar-refractivity contribution in [3.8, 4) is 5.69 Å². The van der Waals surface area contributed by atoms with E-state index >= 15 is 0 Å². The third kappa shape index (κ3) is 6.37. The van der Waals surface area contributed by atoms with Crippen molar-refractivity contribution in [2.24, 2.45) is 0 Å². The van der Waals surface area contributed by atoms with E-state index in [1.165, 1.54) is 87.9 Å². The highest BCUT2D eigenvalue weighted by Gasteiger charge is 2.38. The number of aromatic nitrogens is 2. The Labute approximate surface area is 386 Å². The Morgan fingerprint density at radius 3 is 2.11 bits per heavy atom. The van der Waals surface area contributed by atoms with Crippen molar-refractivity contribution in [3.05, 3.63) is 228 Å². The van der Waals surface area contributed by atoms with Crippen LogP contribution in [0.3, 0.4) is 0 Å². The zero-order chi connectivity index (χ0) is 44.3. The molecule has 5 nitrogen and oxygen atoms in total. The minimum Gasteiger partial charge on any atom is -0.373 e. The van der Waals surface area contributed by atoms with Crippen molar-refractivity contribution in [1.82, 2.24) is 9.13 Å². The number of hydrogen-bond donors (Lipinski definition) is 2. The first-order valence-corrected chi connectivity index (χ1v) is 23.2. The van der Waals surface area contributed by atoms with Crippen molar-refractivity contribution < 1.29 is 0 Å². The van der Waals surface area contributed by atoms with E-state index in [1.807, 2.05) is 0 Å².